The lowest BCUT2D eigenvalue weighted by molar-refractivity contribution is -0.131. The van der Waals surface area contributed by atoms with Gasteiger partial charge < -0.3 is 19.6 Å². The van der Waals surface area contributed by atoms with E-state index >= 15 is 0 Å². The average molecular weight is 371 g/mol. The van der Waals surface area contributed by atoms with Crippen LogP contribution in [0.5, 0.6) is 0 Å². The average Bonchev–Trinajstić information content (AvgIpc) is 3.15. The number of guanidine groups is 1. The van der Waals surface area contributed by atoms with Gasteiger partial charge in [0.25, 0.3) is 0 Å². The second-order valence-corrected chi connectivity index (χ2v) is 6.14. The summed E-state index contributed by atoms with van der Waals surface area (Å²) in [4.78, 5) is 20.6. The summed E-state index contributed by atoms with van der Waals surface area (Å²) in [6.07, 6.45) is 0. The van der Waals surface area contributed by atoms with Crippen molar-refractivity contribution in [2.45, 2.75) is 27.3 Å². The van der Waals surface area contributed by atoms with Crippen molar-refractivity contribution in [2.24, 2.45) is 4.99 Å². The summed E-state index contributed by atoms with van der Waals surface area (Å²) in [6.45, 7) is 8.75. The normalized spacial score (nSPS) is 11.3. The zero-order valence-corrected chi connectivity index (χ0v) is 16.6. The molecule has 146 valence electrons. The van der Waals surface area contributed by atoms with Crippen molar-refractivity contribution < 1.29 is 9.32 Å². The van der Waals surface area contributed by atoms with Gasteiger partial charge in [-0.05, 0) is 20.8 Å². The molecular weight excluding hydrogens is 342 g/mol. The number of likely N-dealkylation sites (N-methyl/N-ethyl adjacent to an activating group) is 2. The number of amides is 1. The van der Waals surface area contributed by atoms with Gasteiger partial charge in [-0.3, -0.25) is 4.79 Å². The molecule has 0 spiro atoms. The second-order valence-electron chi connectivity index (χ2n) is 6.14. The van der Waals surface area contributed by atoms with Gasteiger partial charge in [-0.25, -0.2) is 4.99 Å². The number of carbonyl (C=O) groups is 1. The first-order valence-corrected chi connectivity index (χ1v) is 9.37. The van der Waals surface area contributed by atoms with Crippen molar-refractivity contribution in [2.75, 3.05) is 33.2 Å². The Bertz CT molecular complexity index is 738. The lowest BCUT2D eigenvalue weighted by atomic mass is 10.2. The Kier molecular flexibility index (Phi) is 7.85. The molecule has 0 aliphatic carbocycles. The van der Waals surface area contributed by atoms with Crippen LogP contribution in [0.3, 0.4) is 0 Å². The molecule has 1 amide bonds. The van der Waals surface area contributed by atoms with Crippen LogP contribution < -0.4 is 5.32 Å². The standard InChI is InChI=1S/C20H29N5O2/c1-5-21-20(24(4)15-19(26)25(6-2)7-3)22-14-17-13-18(27-23-17)16-11-9-8-10-12-16/h8-13H,5-7,14-15H2,1-4H3,(H,21,22). The Hall–Kier alpha value is -2.83. The molecule has 1 heterocycles. The molecular formula is C20H29N5O2. The summed E-state index contributed by atoms with van der Waals surface area (Å²) in [5, 5.41) is 7.31. The van der Waals surface area contributed by atoms with Crippen molar-refractivity contribution in [1.82, 2.24) is 20.3 Å². The molecule has 0 fully saturated rings. The summed E-state index contributed by atoms with van der Waals surface area (Å²) in [7, 11) is 1.86. The number of aliphatic imine (C=N–C) groups is 1. The van der Waals surface area contributed by atoms with Gasteiger partial charge >= 0.3 is 0 Å². The Morgan fingerprint density at radius 2 is 1.89 bits per heavy atom. The van der Waals surface area contributed by atoms with Crippen LogP contribution >= 0.6 is 0 Å². The number of nitrogens with zero attached hydrogens (tertiary/aromatic N) is 4. The van der Waals surface area contributed by atoms with Gasteiger partial charge in [-0.1, -0.05) is 35.5 Å². The van der Waals surface area contributed by atoms with E-state index in [9.17, 15) is 4.79 Å². The van der Waals surface area contributed by atoms with Crippen molar-refractivity contribution in [1.29, 1.82) is 0 Å². The van der Waals surface area contributed by atoms with Gasteiger partial charge in [0, 0.05) is 38.3 Å². The molecule has 1 aromatic heterocycles. The Morgan fingerprint density at radius 1 is 1.19 bits per heavy atom. The minimum atomic E-state index is 0.0842. The Labute approximate surface area is 161 Å². The molecule has 27 heavy (non-hydrogen) atoms. The largest absolute Gasteiger partial charge is 0.357 e. The highest BCUT2D eigenvalue weighted by atomic mass is 16.5. The fourth-order valence-electron chi connectivity index (χ4n) is 2.70. The van der Waals surface area contributed by atoms with E-state index in [1.165, 1.54) is 0 Å². The number of hydrogen-bond donors (Lipinski definition) is 1. The first-order valence-electron chi connectivity index (χ1n) is 9.37. The molecule has 0 bridgehead atoms. The molecule has 1 aromatic carbocycles. The number of benzene rings is 1. The zero-order valence-electron chi connectivity index (χ0n) is 16.6. The summed E-state index contributed by atoms with van der Waals surface area (Å²) < 4.78 is 5.41. The van der Waals surface area contributed by atoms with Crippen LogP contribution in [0.4, 0.5) is 0 Å². The van der Waals surface area contributed by atoms with Crippen LogP contribution in [0, 0.1) is 0 Å². The van der Waals surface area contributed by atoms with E-state index in [4.69, 9.17) is 4.52 Å². The monoisotopic (exact) mass is 371 g/mol. The maximum Gasteiger partial charge on any atom is 0.242 e. The molecule has 0 saturated heterocycles. The highest BCUT2D eigenvalue weighted by molar-refractivity contribution is 5.86. The first kappa shape index (κ1) is 20.5. The van der Waals surface area contributed by atoms with E-state index in [1.807, 2.05) is 74.0 Å². The van der Waals surface area contributed by atoms with Crippen LogP contribution in [-0.4, -0.2) is 60.0 Å². The van der Waals surface area contributed by atoms with Gasteiger partial charge in [0.05, 0.1) is 13.1 Å². The molecule has 0 aliphatic rings. The third-order valence-corrected chi connectivity index (χ3v) is 4.19. The van der Waals surface area contributed by atoms with Crippen LogP contribution in [0.25, 0.3) is 11.3 Å². The molecule has 0 saturated carbocycles. The number of nitrogens with one attached hydrogen (secondary N) is 1. The minimum Gasteiger partial charge on any atom is -0.357 e. The van der Waals surface area contributed by atoms with E-state index in [0.717, 1.165) is 23.6 Å². The van der Waals surface area contributed by atoms with E-state index in [2.05, 4.69) is 15.5 Å². The minimum absolute atomic E-state index is 0.0842. The molecule has 0 radical (unpaired) electrons. The summed E-state index contributed by atoms with van der Waals surface area (Å²) in [5.41, 5.74) is 1.72. The topological polar surface area (TPSA) is 74.0 Å². The van der Waals surface area contributed by atoms with Crippen LogP contribution in [-0.2, 0) is 11.3 Å². The summed E-state index contributed by atoms with van der Waals surface area (Å²) >= 11 is 0. The maximum absolute atomic E-state index is 12.3. The number of aromatic nitrogens is 1. The van der Waals surface area contributed by atoms with Crippen LogP contribution in [0.1, 0.15) is 26.5 Å². The van der Waals surface area contributed by atoms with E-state index in [-0.39, 0.29) is 12.5 Å². The second kappa shape index (κ2) is 10.4. The van der Waals surface area contributed by atoms with Gasteiger partial charge in [-0.2, -0.15) is 0 Å². The molecule has 1 N–H and O–H groups in total. The summed E-state index contributed by atoms with van der Waals surface area (Å²) in [6, 6.07) is 11.7. The Morgan fingerprint density at radius 3 is 2.52 bits per heavy atom. The fraction of sp³-hybridized carbons (Fsp3) is 0.450. The highest BCUT2D eigenvalue weighted by Gasteiger charge is 2.15. The van der Waals surface area contributed by atoms with Gasteiger partial charge in [0.15, 0.2) is 11.7 Å². The molecule has 0 atom stereocenters. The molecule has 7 heteroatoms. The van der Waals surface area contributed by atoms with E-state index < -0.39 is 0 Å². The molecule has 0 unspecified atom stereocenters. The van der Waals surface area contributed by atoms with Crippen LogP contribution in [0.15, 0.2) is 45.9 Å². The van der Waals surface area contributed by atoms with Gasteiger partial charge in [0.2, 0.25) is 5.91 Å². The predicted molar refractivity (Wildman–Crippen MR) is 107 cm³/mol. The SMILES string of the molecule is CCNC(=NCc1cc(-c2ccccc2)on1)N(C)CC(=O)N(CC)CC. The predicted octanol–water partition coefficient (Wildman–Crippen LogP) is 2.61. The van der Waals surface area contributed by atoms with Crippen molar-refractivity contribution in [3.8, 4) is 11.3 Å². The van der Waals surface area contributed by atoms with Crippen molar-refractivity contribution in [3.63, 3.8) is 0 Å². The highest BCUT2D eigenvalue weighted by Crippen LogP contribution is 2.19. The summed E-state index contributed by atoms with van der Waals surface area (Å²) in [5.74, 6) is 1.47. The van der Waals surface area contributed by atoms with Gasteiger partial charge in [-0.15, -0.1) is 0 Å². The molecule has 2 aromatic rings. The third kappa shape index (κ3) is 5.84. The molecule has 7 nitrogen and oxygen atoms in total. The lowest BCUT2D eigenvalue weighted by Crippen LogP contribution is -2.45. The maximum atomic E-state index is 12.3. The number of hydrogen-bond acceptors (Lipinski definition) is 4. The zero-order chi connectivity index (χ0) is 19.6. The van der Waals surface area contributed by atoms with Crippen molar-refractivity contribution in [3.05, 3.63) is 42.1 Å². The van der Waals surface area contributed by atoms with Gasteiger partial charge in [0.1, 0.15) is 5.69 Å². The fourth-order valence-corrected chi connectivity index (χ4v) is 2.70. The van der Waals surface area contributed by atoms with Crippen molar-refractivity contribution >= 4 is 11.9 Å². The van der Waals surface area contributed by atoms with E-state index in [1.54, 1.807) is 0 Å². The van der Waals surface area contributed by atoms with E-state index in [0.29, 0.717) is 25.6 Å². The molecule has 0 aliphatic heterocycles. The van der Waals surface area contributed by atoms with Crippen LogP contribution in [0.2, 0.25) is 0 Å². The lowest BCUT2D eigenvalue weighted by Gasteiger charge is -2.25. The first-order chi connectivity index (χ1) is 13.1. The smallest absolute Gasteiger partial charge is 0.242 e. The third-order valence-electron chi connectivity index (χ3n) is 4.19. The number of rotatable bonds is 8. The quantitative estimate of drug-likeness (QED) is 0.570. The Balaban J connectivity index is 2.04. The number of carbonyl (C=O) groups excluding carboxylic acids is 1. The molecule has 2 rings (SSSR count).